The lowest BCUT2D eigenvalue weighted by molar-refractivity contribution is 0.0188. The van der Waals surface area contributed by atoms with Crippen LogP contribution in [-0.4, -0.2) is 36.2 Å². The highest BCUT2D eigenvalue weighted by Crippen LogP contribution is 2.22. The maximum atomic E-state index is 12.1. The number of ether oxygens (including phenoxy) is 1. The first-order valence-corrected chi connectivity index (χ1v) is 8.53. The minimum absolute atomic E-state index is 0.182. The number of benzene rings is 1. The van der Waals surface area contributed by atoms with E-state index in [1.165, 1.54) is 16.8 Å². The fourth-order valence-electron chi connectivity index (χ4n) is 2.91. The minimum atomic E-state index is -0.418. The number of carbonyl (C=O) groups is 1. The predicted molar refractivity (Wildman–Crippen MR) is 94.9 cm³/mol. The molecule has 0 saturated carbocycles. The first-order valence-electron chi connectivity index (χ1n) is 8.53. The van der Waals surface area contributed by atoms with Gasteiger partial charge in [0.1, 0.15) is 5.60 Å². The van der Waals surface area contributed by atoms with Crippen molar-refractivity contribution in [1.29, 1.82) is 0 Å². The average molecular weight is 318 g/mol. The van der Waals surface area contributed by atoms with Gasteiger partial charge in [-0.25, -0.2) is 4.79 Å². The molecular formula is C19H30N2O2. The molecule has 1 fully saturated rings. The minimum Gasteiger partial charge on any atom is -0.444 e. The third-order valence-corrected chi connectivity index (χ3v) is 4.23. The second-order valence-electron chi connectivity index (χ2n) is 7.61. The Labute approximate surface area is 140 Å². The number of nitrogens with zero attached hydrogens (tertiary/aromatic N) is 1. The number of likely N-dealkylation sites (tertiary alicyclic amines) is 1. The zero-order chi connectivity index (χ0) is 17.0. The second-order valence-corrected chi connectivity index (χ2v) is 7.61. The monoisotopic (exact) mass is 318 g/mol. The molecular weight excluding hydrogens is 288 g/mol. The fraction of sp³-hybridized carbons (Fsp3) is 0.632. The van der Waals surface area contributed by atoms with Gasteiger partial charge in [0.15, 0.2) is 0 Å². The van der Waals surface area contributed by atoms with Crippen molar-refractivity contribution in [2.24, 2.45) is 5.92 Å². The van der Waals surface area contributed by atoms with E-state index in [1.807, 2.05) is 25.7 Å². The number of piperidine rings is 1. The number of hydrogen-bond acceptors (Lipinski definition) is 3. The van der Waals surface area contributed by atoms with Crippen molar-refractivity contribution >= 4 is 11.8 Å². The molecule has 1 N–H and O–H groups in total. The summed E-state index contributed by atoms with van der Waals surface area (Å²) in [7, 11) is 0. The summed E-state index contributed by atoms with van der Waals surface area (Å²) >= 11 is 0. The molecule has 0 spiro atoms. The first kappa shape index (κ1) is 17.6. The van der Waals surface area contributed by atoms with Crippen LogP contribution in [0.5, 0.6) is 0 Å². The number of aryl methyl sites for hydroxylation is 2. The van der Waals surface area contributed by atoms with Crippen molar-refractivity contribution in [1.82, 2.24) is 4.90 Å². The Balaban J connectivity index is 1.77. The number of carbonyl (C=O) groups excluding carboxylic acids is 1. The molecule has 0 unspecified atom stereocenters. The van der Waals surface area contributed by atoms with Crippen molar-refractivity contribution in [3.8, 4) is 0 Å². The molecule has 0 radical (unpaired) electrons. The van der Waals surface area contributed by atoms with Crippen LogP contribution in [0.3, 0.4) is 0 Å². The summed E-state index contributed by atoms with van der Waals surface area (Å²) in [5, 5.41) is 3.56. The lowest BCUT2D eigenvalue weighted by Gasteiger charge is -2.33. The van der Waals surface area contributed by atoms with Crippen LogP contribution in [0.15, 0.2) is 18.2 Å². The molecule has 0 aliphatic carbocycles. The van der Waals surface area contributed by atoms with Gasteiger partial charge < -0.3 is 15.0 Å². The number of nitrogens with one attached hydrogen (secondary N) is 1. The topological polar surface area (TPSA) is 41.6 Å². The van der Waals surface area contributed by atoms with Gasteiger partial charge in [-0.15, -0.1) is 0 Å². The molecule has 0 bridgehead atoms. The largest absolute Gasteiger partial charge is 0.444 e. The van der Waals surface area contributed by atoms with Crippen molar-refractivity contribution in [3.05, 3.63) is 29.3 Å². The van der Waals surface area contributed by atoms with E-state index in [0.717, 1.165) is 32.5 Å². The highest BCUT2D eigenvalue weighted by atomic mass is 16.6. The van der Waals surface area contributed by atoms with Gasteiger partial charge in [0.05, 0.1) is 0 Å². The third-order valence-electron chi connectivity index (χ3n) is 4.23. The quantitative estimate of drug-likeness (QED) is 0.900. The van der Waals surface area contributed by atoms with Crippen LogP contribution in [0, 0.1) is 19.8 Å². The van der Waals surface area contributed by atoms with Crippen LogP contribution in [-0.2, 0) is 4.74 Å². The van der Waals surface area contributed by atoms with Gasteiger partial charge in [0.25, 0.3) is 0 Å². The summed E-state index contributed by atoms with van der Waals surface area (Å²) in [6.45, 7) is 12.5. The normalized spacial score (nSPS) is 16.3. The van der Waals surface area contributed by atoms with E-state index >= 15 is 0 Å². The van der Waals surface area contributed by atoms with Crippen LogP contribution in [0.4, 0.5) is 10.5 Å². The summed E-state index contributed by atoms with van der Waals surface area (Å²) in [4.78, 5) is 13.9. The van der Waals surface area contributed by atoms with E-state index in [-0.39, 0.29) is 6.09 Å². The van der Waals surface area contributed by atoms with Gasteiger partial charge in [-0.2, -0.15) is 0 Å². The molecule has 1 saturated heterocycles. The molecule has 128 valence electrons. The van der Waals surface area contributed by atoms with Gasteiger partial charge in [-0.3, -0.25) is 0 Å². The average Bonchev–Trinajstić information content (AvgIpc) is 2.45. The molecule has 1 aromatic rings. The molecule has 0 atom stereocenters. The Bertz CT molecular complexity index is 541. The van der Waals surface area contributed by atoms with Crippen molar-refractivity contribution in [2.75, 3.05) is 25.0 Å². The molecule has 4 nitrogen and oxygen atoms in total. The Morgan fingerprint density at radius 3 is 2.48 bits per heavy atom. The van der Waals surface area contributed by atoms with E-state index in [2.05, 4.69) is 37.4 Å². The summed E-state index contributed by atoms with van der Waals surface area (Å²) in [6.07, 6.45) is 1.87. The summed E-state index contributed by atoms with van der Waals surface area (Å²) < 4.78 is 5.44. The molecule has 1 aromatic carbocycles. The molecule has 0 aromatic heterocycles. The Morgan fingerprint density at radius 2 is 1.91 bits per heavy atom. The Hall–Kier alpha value is -1.71. The molecule has 1 amide bonds. The second kappa shape index (κ2) is 7.24. The number of amides is 1. The molecule has 1 aliphatic rings. The Morgan fingerprint density at radius 1 is 1.26 bits per heavy atom. The van der Waals surface area contributed by atoms with Gasteiger partial charge in [-0.05, 0) is 65.0 Å². The molecule has 1 aliphatic heterocycles. The molecule has 4 heteroatoms. The summed E-state index contributed by atoms with van der Waals surface area (Å²) in [5.41, 5.74) is 3.37. The van der Waals surface area contributed by atoms with Crippen LogP contribution < -0.4 is 5.32 Å². The Kier molecular flexibility index (Phi) is 5.55. The maximum absolute atomic E-state index is 12.1. The first-order chi connectivity index (χ1) is 10.7. The maximum Gasteiger partial charge on any atom is 0.410 e. The van der Waals surface area contributed by atoms with E-state index in [9.17, 15) is 4.79 Å². The van der Waals surface area contributed by atoms with E-state index in [4.69, 9.17) is 4.74 Å². The van der Waals surface area contributed by atoms with Crippen molar-refractivity contribution < 1.29 is 9.53 Å². The standard InChI is InChI=1S/C19H30N2O2/c1-14-6-7-17(15(2)12-14)20-13-16-8-10-21(11-9-16)18(22)23-19(3,4)5/h6-7,12,16,20H,8-11,13H2,1-5H3. The zero-order valence-corrected chi connectivity index (χ0v) is 15.1. The lowest BCUT2D eigenvalue weighted by Crippen LogP contribution is -2.42. The van der Waals surface area contributed by atoms with Crippen LogP contribution in [0.25, 0.3) is 0 Å². The molecule has 2 rings (SSSR count). The van der Waals surface area contributed by atoms with Gasteiger partial charge in [0.2, 0.25) is 0 Å². The molecule has 23 heavy (non-hydrogen) atoms. The van der Waals surface area contributed by atoms with Crippen LogP contribution in [0.2, 0.25) is 0 Å². The SMILES string of the molecule is Cc1ccc(NCC2CCN(C(=O)OC(C)(C)C)CC2)c(C)c1. The third kappa shape index (κ3) is 5.45. The van der Waals surface area contributed by atoms with Crippen LogP contribution >= 0.6 is 0 Å². The fourth-order valence-corrected chi connectivity index (χ4v) is 2.91. The molecule has 1 heterocycles. The van der Waals surface area contributed by atoms with Gasteiger partial charge in [-0.1, -0.05) is 17.7 Å². The van der Waals surface area contributed by atoms with E-state index < -0.39 is 5.60 Å². The lowest BCUT2D eigenvalue weighted by atomic mass is 9.96. The highest BCUT2D eigenvalue weighted by Gasteiger charge is 2.26. The van der Waals surface area contributed by atoms with Crippen molar-refractivity contribution in [2.45, 2.75) is 53.1 Å². The smallest absolute Gasteiger partial charge is 0.410 e. The predicted octanol–water partition coefficient (Wildman–Crippen LogP) is 4.36. The van der Waals surface area contributed by atoms with Crippen LogP contribution in [0.1, 0.15) is 44.7 Å². The van der Waals surface area contributed by atoms with E-state index in [0.29, 0.717) is 5.92 Å². The van der Waals surface area contributed by atoms with Gasteiger partial charge in [0, 0.05) is 25.3 Å². The zero-order valence-electron chi connectivity index (χ0n) is 15.1. The number of rotatable bonds is 3. The summed E-state index contributed by atoms with van der Waals surface area (Å²) in [5.74, 6) is 0.606. The number of hydrogen-bond donors (Lipinski definition) is 1. The highest BCUT2D eigenvalue weighted by molar-refractivity contribution is 5.68. The van der Waals surface area contributed by atoms with Gasteiger partial charge >= 0.3 is 6.09 Å². The summed E-state index contributed by atoms with van der Waals surface area (Å²) in [6, 6.07) is 6.49. The van der Waals surface area contributed by atoms with E-state index in [1.54, 1.807) is 0 Å². The van der Waals surface area contributed by atoms with Crippen molar-refractivity contribution in [3.63, 3.8) is 0 Å². The number of anilines is 1.